The fourth-order valence-corrected chi connectivity index (χ4v) is 4.54. The maximum atomic E-state index is 13.0. The first-order valence-electron chi connectivity index (χ1n) is 8.62. The molecule has 0 aliphatic carbocycles. The monoisotopic (exact) mass is 433 g/mol. The van der Waals surface area contributed by atoms with E-state index in [1.165, 1.54) is 30.2 Å². The largest absolute Gasteiger partial charge is 0.468 e. The van der Waals surface area contributed by atoms with Crippen molar-refractivity contribution >= 4 is 40.9 Å². The molecule has 0 bridgehead atoms. The molecule has 1 aromatic rings. The molecule has 2 aliphatic heterocycles. The van der Waals surface area contributed by atoms with Gasteiger partial charge in [0.1, 0.15) is 6.04 Å². The molecular weight excluding hydrogens is 417 g/mol. The third-order valence-electron chi connectivity index (χ3n) is 5.38. The number of nitrogens with two attached hydrogens (primary N) is 1. The van der Waals surface area contributed by atoms with Crippen LogP contribution in [-0.2, 0) is 19.1 Å². The number of hydrogen-bond donors (Lipinski definition) is 1. The number of amides is 1. The van der Waals surface area contributed by atoms with Crippen LogP contribution in [0.15, 0.2) is 42.1 Å². The lowest BCUT2D eigenvalue weighted by Crippen LogP contribution is -2.45. The van der Waals surface area contributed by atoms with E-state index in [0.29, 0.717) is 11.1 Å². The van der Waals surface area contributed by atoms with Gasteiger partial charge in [-0.3, -0.25) is 14.4 Å². The molecule has 9 heteroatoms. The molecule has 29 heavy (non-hydrogen) atoms. The third kappa shape index (κ3) is 3.00. The van der Waals surface area contributed by atoms with E-state index in [9.17, 15) is 19.6 Å². The van der Waals surface area contributed by atoms with E-state index in [-0.39, 0.29) is 15.8 Å². The van der Waals surface area contributed by atoms with Crippen LogP contribution in [0.25, 0.3) is 0 Å². The Bertz CT molecular complexity index is 1010. The molecule has 0 saturated carbocycles. The van der Waals surface area contributed by atoms with Crippen molar-refractivity contribution in [3.63, 3.8) is 0 Å². The summed E-state index contributed by atoms with van der Waals surface area (Å²) in [7, 11) is 1.16. The summed E-state index contributed by atoms with van der Waals surface area (Å²) in [4.78, 5) is 38.8. The summed E-state index contributed by atoms with van der Waals surface area (Å²) >= 11 is 12.6. The smallest absolute Gasteiger partial charge is 0.329 e. The van der Waals surface area contributed by atoms with Gasteiger partial charge in [0, 0.05) is 17.7 Å². The van der Waals surface area contributed by atoms with E-state index >= 15 is 0 Å². The number of ether oxygens (including phenoxy) is 1. The first-order valence-corrected chi connectivity index (χ1v) is 9.37. The van der Waals surface area contributed by atoms with E-state index < -0.39 is 35.3 Å². The third-order valence-corrected chi connectivity index (χ3v) is 6.22. The van der Waals surface area contributed by atoms with Gasteiger partial charge in [0.2, 0.25) is 5.91 Å². The zero-order valence-corrected chi connectivity index (χ0v) is 17.1. The maximum absolute atomic E-state index is 13.0. The Hall–Kier alpha value is -2.82. The van der Waals surface area contributed by atoms with Crippen LogP contribution in [0.5, 0.6) is 0 Å². The topological polar surface area (TPSA) is 113 Å². The lowest BCUT2D eigenvalue weighted by atomic mass is 9.68. The van der Waals surface area contributed by atoms with Gasteiger partial charge in [-0.05, 0) is 18.6 Å². The lowest BCUT2D eigenvalue weighted by Gasteiger charge is -2.32. The van der Waals surface area contributed by atoms with Gasteiger partial charge in [-0.2, -0.15) is 5.26 Å². The first kappa shape index (κ1) is 20.9. The Morgan fingerprint density at radius 1 is 1.31 bits per heavy atom. The molecule has 4 atom stereocenters. The predicted octanol–water partition coefficient (Wildman–Crippen LogP) is 2.34. The maximum Gasteiger partial charge on any atom is 0.329 e. The number of hydrogen-bond acceptors (Lipinski definition) is 6. The summed E-state index contributed by atoms with van der Waals surface area (Å²) < 4.78 is 4.96. The van der Waals surface area contributed by atoms with Crippen LogP contribution in [0.1, 0.15) is 18.4 Å². The minimum atomic E-state index is -1.85. The van der Waals surface area contributed by atoms with Crippen LogP contribution < -0.4 is 5.73 Å². The highest BCUT2D eigenvalue weighted by Gasteiger charge is 2.66. The molecule has 1 amide bonds. The number of ketones is 1. The SMILES string of the molecule is COC(=O)C1(C#N)C(c2cccc(Cl)c2Cl)C(C(N)=O)N2C=C(C(C)=O)C=CC21. The highest BCUT2D eigenvalue weighted by Crippen LogP contribution is 2.55. The Kier molecular flexibility index (Phi) is 5.44. The second kappa shape index (κ2) is 7.54. The van der Waals surface area contributed by atoms with Crippen molar-refractivity contribution in [3.8, 4) is 6.07 Å². The van der Waals surface area contributed by atoms with Gasteiger partial charge in [-0.15, -0.1) is 0 Å². The van der Waals surface area contributed by atoms with E-state index in [1.54, 1.807) is 18.2 Å². The zero-order chi connectivity index (χ0) is 21.5. The minimum absolute atomic E-state index is 0.105. The van der Waals surface area contributed by atoms with E-state index in [4.69, 9.17) is 33.7 Å². The van der Waals surface area contributed by atoms with E-state index in [0.717, 1.165) is 7.11 Å². The van der Waals surface area contributed by atoms with Gasteiger partial charge < -0.3 is 15.4 Å². The molecule has 3 rings (SSSR count). The van der Waals surface area contributed by atoms with Crippen molar-refractivity contribution in [3.05, 3.63) is 57.7 Å². The fourth-order valence-electron chi connectivity index (χ4n) is 4.12. The van der Waals surface area contributed by atoms with E-state index in [2.05, 4.69) is 6.07 Å². The number of nitriles is 1. The summed E-state index contributed by atoms with van der Waals surface area (Å²) in [5.74, 6) is -2.95. The Balaban J connectivity index is 2.36. The Morgan fingerprint density at radius 3 is 2.55 bits per heavy atom. The minimum Gasteiger partial charge on any atom is -0.468 e. The van der Waals surface area contributed by atoms with Crippen molar-refractivity contribution < 1.29 is 19.1 Å². The van der Waals surface area contributed by atoms with Crippen LogP contribution in [0.4, 0.5) is 0 Å². The molecular formula is C20H17Cl2N3O4. The number of rotatable bonds is 4. The number of benzene rings is 1. The average Bonchev–Trinajstić information content (AvgIpc) is 2.99. The summed E-state index contributed by atoms with van der Waals surface area (Å²) in [6.07, 6.45) is 4.49. The number of nitrogens with zero attached hydrogens (tertiary/aromatic N) is 2. The van der Waals surface area contributed by atoms with E-state index in [1.807, 2.05) is 0 Å². The number of Topliss-reactive ketones (excluding diaryl/α,β-unsaturated/α-hetero) is 1. The quantitative estimate of drug-likeness (QED) is 0.728. The molecule has 7 nitrogen and oxygen atoms in total. The van der Waals surface area contributed by atoms with Crippen molar-refractivity contribution in [2.24, 2.45) is 11.1 Å². The van der Waals surface area contributed by atoms with Gasteiger partial charge in [0.15, 0.2) is 11.2 Å². The predicted molar refractivity (Wildman–Crippen MR) is 106 cm³/mol. The summed E-state index contributed by atoms with van der Waals surface area (Å²) in [5, 5.41) is 10.5. The summed E-state index contributed by atoms with van der Waals surface area (Å²) in [6, 6.07) is 4.75. The molecule has 2 N–H and O–H groups in total. The lowest BCUT2D eigenvalue weighted by molar-refractivity contribution is -0.150. The fraction of sp³-hybridized carbons (Fsp3) is 0.300. The van der Waals surface area contributed by atoms with Gasteiger partial charge in [-0.25, -0.2) is 0 Å². The van der Waals surface area contributed by atoms with Crippen molar-refractivity contribution in [2.75, 3.05) is 7.11 Å². The van der Waals surface area contributed by atoms with Crippen LogP contribution in [-0.4, -0.2) is 41.8 Å². The van der Waals surface area contributed by atoms with Crippen molar-refractivity contribution in [2.45, 2.75) is 24.9 Å². The number of primary amides is 1. The molecule has 0 aromatic heterocycles. The molecule has 2 aliphatic rings. The van der Waals surface area contributed by atoms with Crippen molar-refractivity contribution in [1.29, 1.82) is 5.26 Å². The first-order chi connectivity index (χ1) is 13.7. The Morgan fingerprint density at radius 2 is 2.00 bits per heavy atom. The number of methoxy groups -OCH3 is 1. The van der Waals surface area contributed by atoms with Crippen molar-refractivity contribution in [1.82, 2.24) is 4.90 Å². The van der Waals surface area contributed by atoms with Crippen LogP contribution in [0.2, 0.25) is 10.0 Å². The molecule has 1 aromatic carbocycles. The van der Waals surface area contributed by atoms with Gasteiger partial charge in [0.25, 0.3) is 0 Å². The number of carbonyl (C=O) groups is 3. The summed E-state index contributed by atoms with van der Waals surface area (Å²) in [6.45, 7) is 1.37. The molecule has 150 valence electrons. The highest BCUT2D eigenvalue weighted by molar-refractivity contribution is 6.42. The van der Waals surface area contributed by atoms with Gasteiger partial charge in [0.05, 0.1) is 29.3 Å². The highest BCUT2D eigenvalue weighted by atomic mass is 35.5. The molecule has 0 spiro atoms. The standard InChI is InChI=1S/C20H17Cl2N3O4/c1-10(26)11-6-7-14-20(9-23,19(28)29-2)15(17(18(24)27)25(14)8-11)12-4-3-5-13(21)16(12)22/h3-8,14-15,17H,1-2H3,(H2,24,27). The van der Waals surface area contributed by atoms with Crippen LogP contribution in [0, 0.1) is 16.7 Å². The molecule has 1 saturated heterocycles. The number of fused-ring (bicyclic) bond motifs is 1. The van der Waals surface area contributed by atoms with Gasteiger partial charge in [-0.1, -0.05) is 47.5 Å². The number of halogens is 2. The number of esters is 1. The van der Waals surface area contributed by atoms with Gasteiger partial charge >= 0.3 is 5.97 Å². The molecule has 0 radical (unpaired) electrons. The zero-order valence-electron chi connectivity index (χ0n) is 15.6. The average molecular weight is 434 g/mol. The number of allylic oxidation sites excluding steroid dienone is 2. The summed E-state index contributed by atoms with van der Waals surface area (Å²) in [5.41, 5.74) is 4.48. The second-order valence-corrected chi connectivity index (χ2v) is 7.62. The number of carbonyl (C=O) groups excluding carboxylic acids is 3. The second-order valence-electron chi connectivity index (χ2n) is 6.83. The normalized spacial score (nSPS) is 27.6. The Labute approximate surface area is 177 Å². The van der Waals surface area contributed by atoms with Crippen LogP contribution in [0.3, 0.4) is 0 Å². The molecule has 4 unspecified atom stereocenters. The molecule has 2 heterocycles. The van der Waals surface area contributed by atoms with Crippen LogP contribution >= 0.6 is 23.2 Å². The molecule has 1 fully saturated rings.